The average molecular weight is 439 g/mol. The van der Waals surface area contributed by atoms with Gasteiger partial charge >= 0.3 is 0 Å². The lowest BCUT2D eigenvalue weighted by molar-refractivity contribution is -0.896. The Labute approximate surface area is 185 Å². The normalized spacial score (nSPS) is 16.8. The maximum absolute atomic E-state index is 13.4. The predicted molar refractivity (Wildman–Crippen MR) is 118 cm³/mol. The minimum absolute atomic E-state index is 0.0123. The van der Waals surface area contributed by atoms with Crippen LogP contribution in [0.3, 0.4) is 0 Å². The number of amides is 1. The van der Waals surface area contributed by atoms with Crippen LogP contribution in [0, 0.1) is 0 Å². The lowest BCUT2D eigenvalue weighted by Gasteiger charge is -2.27. The van der Waals surface area contributed by atoms with E-state index in [1.165, 1.54) is 16.2 Å². The number of para-hydroxylation sites is 1. The summed E-state index contributed by atoms with van der Waals surface area (Å²) in [7, 11) is 0. The van der Waals surface area contributed by atoms with Gasteiger partial charge in [0.15, 0.2) is 5.76 Å². The third-order valence-electron chi connectivity index (χ3n) is 5.92. The average Bonchev–Trinajstić information content (AvgIpc) is 3.51. The second kappa shape index (κ2) is 9.08. The summed E-state index contributed by atoms with van der Waals surface area (Å²) in [6, 6.07) is 12.0. The molecule has 1 amide bonds. The van der Waals surface area contributed by atoms with E-state index >= 15 is 0 Å². The number of ketones is 1. The van der Waals surface area contributed by atoms with Crippen LogP contribution in [0.5, 0.6) is 0 Å². The lowest BCUT2D eigenvalue weighted by Crippen LogP contribution is -3.11. The number of furan rings is 1. The maximum atomic E-state index is 13.4. The van der Waals surface area contributed by atoms with Crippen molar-refractivity contribution in [2.45, 2.75) is 26.3 Å². The molecule has 0 fully saturated rings. The van der Waals surface area contributed by atoms with Crippen LogP contribution in [0.1, 0.15) is 41.7 Å². The largest absolute Gasteiger partial charge is 0.868 e. The van der Waals surface area contributed by atoms with Gasteiger partial charge in [-0.3, -0.25) is 9.59 Å². The SMILES string of the molecule is CC[NH+](CC)CCCN1C(=O)C([O-])=C(C(=O)c2cc3ccccc3o2)C1c1cccs1. The van der Waals surface area contributed by atoms with Gasteiger partial charge in [0.05, 0.1) is 25.7 Å². The zero-order valence-electron chi connectivity index (χ0n) is 17.7. The number of nitrogens with zero attached hydrogens (tertiary/aromatic N) is 1. The summed E-state index contributed by atoms with van der Waals surface area (Å²) in [5, 5.41) is 15.6. The Morgan fingerprint density at radius 1 is 1.19 bits per heavy atom. The molecule has 162 valence electrons. The first-order chi connectivity index (χ1) is 15.0. The monoisotopic (exact) mass is 438 g/mol. The van der Waals surface area contributed by atoms with E-state index in [1.807, 2.05) is 35.7 Å². The number of nitrogens with one attached hydrogen (secondary N) is 1. The summed E-state index contributed by atoms with van der Waals surface area (Å²) in [5.41, 5.74) is 0.566. The summed E-state index contributed by atoms with van der Waals surface area (Å²) in [6.07, 6.45) is 0.768. The molecule has 2 aromatic heterocycles. The fourth-order valence-corrected chi connectivity index (χ4v) is 5.02. The highest BCUT2D eigenvalue weighted by molar-refractivity contribution is 7.10. The number of hydrogen-bond donors (Lipinski definition) is 1. The summed E-state index contributed by atoms with van der Waals surface area (Å²) in [5.74, 6) is -1.75. The van der Waals surface area contributed by atoms with Gasteiger partial charge in [-0.2, -0.15) is 0 Å². The molecule has 1 N–H and O–H groups in total. The van der Waals surface area contributed by atoms with Gasteiger partial charge in [0, 0.05) is 28.8 Å². The highest BCUT2D eigenvalue weighted by atomic mass is 32.1. The van der Waals surface area contributed by atoms with E-state index in [0.29, 0.717) is 12.1 Å². The van der Waals surface area contributed by atoms with Crippen molar-refractivity contribution in [3.8, 4) is 0 Å². The number of carbonyl (C=O) groups is 2. The third-order valence-corrected chi connectivity index (χ3v) is 6.85. The van der Waals surface area contributed by atoms with Crippen molar-refractivity contribution < 1.29 is 24.0 Å². The molecule has 0 saturated heterocycles. The molecule has 0 spiro atoms. The highest BCUT2D eigenvalue weighted by Gasteiger charge is 2.40. The fraction of sp³-hybridized carbons (Fsp3) is 0.333. The first-order valence-electron chi connectivity index (χ1n) is 10.7. The molecule has 0 saturated carbocycles. The van der Waals surface area contributed by atoms with Crippen LogP contribution in [0.2, 0.25) is 0 Å². The predicted octanol–water partition coefficient (Wildman–Crippen LogP) is 2.19. The van der Waals surface area contributed by atoms with E-state index in [9.17, 15) is 14.7 Å². The number of carbonyl (C=O) groups excluding carboxylic acids is 2. The summed E-state index contributed by atoms with van der Waals surface area (Å²) in [6.45, 7) is 7.65. The fourth-order valence-electron chi connectivity index (χ4n) is 4.17. The van der Waals surface area contributed by atoms with Crippen LogP contribution in [0.4, 0.5) is 0 Å². The number of benzene rings is 1. The molecule has 31 heavy (non-hydrogen) atoms. The Morgan fingerprint density at radius 2 is 1.97 bits per heavy atom. The lowest BCUT2D eigenvalue weighted by atomic mass is 10.00. The molecule has 1 aliphatic rings. The third kappa shape index (κ3) is 4.03. The van der Waals surface area contributed by atoms with Crippen molar-refractivity contribution in [3.05, 3.63) is 69.8 Å². The first kappa shape index (κ1) is 21.3. The molecule has 1 atom stereocenters. The smallest absolute Gasteiger partial charge is 0.240 e. The van der Waals surface area contributed by atoms with Gasteiger partial charge in [0.25, 0.3) is 0 Å². The Balaban J connectivity index is 1.65. The Morgan fingerprint density at radius 3 is 2.65 bits per heavy atom. The Bertz CT molecular complexity index is 1080. The molecule has 0 radical (unpaired) electrons. The first-order valence-corrected chi connectivity index (χ1v) is 11.6. The number of thiophene rings is 1. The second-order valence-electron chi connectivity index (χ2n) is 7.70. The van der Waals surface area contributed by atoms with Gasteiger partial charge in [0.2, 0.25) is 11.7 Å². The Hall–Kier alpha value is -2.90. The van der Waals surface area contributed by atoms with Crippen LogP contribution < -0.4 is 10.0 Å². The molecule has 1 aromatic carbocycles. The van der Waals surface area contributed by atoms with Crippen molar-refractivity contribution in [1.82, 2.24) is 4.90 Å². The van der Waals surface area contributed by atoms with Gasteiger partial charge in [-0.25, -0.2) is 0 Å². The van der Waals surface area contributed by atoms with Gasteiger partial charge in [-0.1, -0.05) is 24.3 Å². The van der Waals surface area contributed by atoms with E-state index in [0.717, 1.165) is 36.3 Å². The van der Waals surface area contributed by atoms with Crippen molar-refractivity contribution in [2.75, 3.05) is 26.2 Å². The zero-order valence-corrected chi connectivity index (χ0v) is 18.5. The standard InChI is InChI=1S/C24H26N2O4S/c1-3-25(4-2)12-8-13-26-21(19-11-7-14-31-19)20(23(28)24(26)29)22(27)18-15-16-9-5-6-10-17(16)30-18/h5-7,9-11,14-15,21,28H,3-4,8,12-13H2,1-2H3. The molecule has 0 bridgehead atoms. The molecule has 0 aliphatic carbocycles. The van der Waals surface area contributed by atoms with Gasteiger partial charge in [-0.05, 0) is 43.2 Å². The summed E-state index contributed by atoms with van der Waals surface area (Å²) in [4.78, 5) is 30.1. The van der Waals surface area contributed by atoms with E-state index in [-0.39, 0.29) is 11.3 Å². The van der Waals surface area contributed by atoms with E-state index < -0.39 is 23.5 Å². The van der Waals surface area contributed by atoms with E-state index in [1.54, 1.807) is 17.0 Å². The number of hydrogen-bond acceptors (Lipinski definition) is 5. The molecular formula is C24H26N2O4S. The quantitative estimate of drug-likeness (QED) is 0.520. The molecular weight excluding hydrogens is 412 g/mol. The van der Waals surface area contributed by atoms with Crippen molar-refractivity contribution in [3.63, 3.8) is 0 Å². The van der Waals surface area contributed by atoms with Gasteiger partial charge in [-0.15, -0.1) is 11.3 Å². The second-order valence-corrected chi connectivity index (χ2v) is 8.68. The summed E-state index contributed by atoms with van der Waals surface area (Å²) < 4.78 is 5.72. The van der Waals surface area contributed by atoms with Crippen LogP contribution in [-0.2, 0) is 4.79 Å². The van der Waals surface area contributed by atoms with Crippen molar-refractivity contribution >= 4 is 34.0 Å². The number of Topliss-reactive ketones (excluding diaryl/α,β-unsaturated/α-hetero) is 1. The van der Waals surface area contributed by atoms with E-state index in [4.69, 9.17) is 4.42 Å². The van der Waals surface area contributed by atoms with E-state index in [2.05, 4.69) is 13.8 Å². The minimum Gasteiger partial charge on any atom is -0.868 e. The summed E-state index contributed by atoms with van der Waals surface area (Å²) >= 11 is 1.44. The zero-order chi connectivity index (χ0) is 22.0. The number of rotatable bonds is 9. The van der Waals surface area contributed by atoms with Crippen LogP contribution >= 0.6 is 11.3 Å². The van der Waals surface area contributed by atoms with Gasteiger partial charge in [0.1, 0.15) is 5.58 Å². The van der Waals surface area contributed by atoms with Crippen LogP contribution in [0.25, 0.3) is 11.0 Å². The molecule has 1 unspecified atom stereocenters. The van der Waals surface area contributed by atoms with Crippen LogP contribution in [-0.4, -0.2) is 42.8 Å². The van der Waals surface area contributed by atoms with Crippen LogP contribution in [0.15, 0.2) is 63.6 Å². The molecule has 3 heterocycles. The minimum atomic E-state index is -0.723. The number of fused-ring (bicyclic) bond motifs is 1. The maximum Gasteiger partial charge on any atom is 0.240 e. The topological polar surface area (TPSA) is 78.0 Å². The molecule has 3 aromatic rings. The van der Waals surface area contributed by atoms with Gasteiger partial charge < -0.3 is 19.3 Å². The Kier molecular flexibility index (Phi) is 6.25. The van der Waals surface area contributed by atoms with Crippen molar-refractivity contribution in [1.29, 1.82) is 0 Å². The van der Waals surface area contributed by atoms with Crippen molar-refractivity contribution in [2.24, 2.45) is 0 Å². The molecule has 6 nitrogen and oxygen atoms in total. The molecule has 7 heteroatoms. The highest BCUT2D eigenvalue weighted by Crippen LogP contribution is 2.40. The number of quaternary nitrogens is 1. The molecule has 1 aliphatic heterocycles. The molecule has 4 rings (SSSR count).